The van der Waals surface area contributed by atoms with Gasteiger partial charge in [0.1, 0.15) is 23.2 Å². The molecule has 2 heterocycles. The summed E-state index contributed by atoms with van der Waals surface area (Å²) in [6, 6.07) is 1.49. The molecule has 1 aliphatic heterocycles. The zero-order valence-corrected chi connectivity index (χ0v) is 21.4. The average Bonchev–Trinajstić information content (AvgIpc) is 3.23. The van der Waals surface area contributed by atoms with Crippen LogP contribution in [0.4, 0.5) is 18.6 Å². The third-order valence-electron chi connectivity index (χ3n) is 6.08. The van der Waals surface area contributed by atoms with Crippen LogP contribution in [0.5, 0.6) is 5.88 Å². The molecule has 0 saturated carbocycles. The maximum atomic E-state index is 14.0. The summed E-state index contributed by atoms with van der Waals surface area (Å²) in [5, 5.41) is 14.8. The van der Waals surface area contributed by atoms with E-state index in [4.69, 9.17) is 4.74 Å². The number of urea groups is 1. The fraction of sp³-hybridized carbons (Fsp3) is 0.542. The number of hydrogen-bond donors (Lipinski definition) is 3. The summed E-state index contributed by atoms with van der Waals surface area (Å²) in [6.07, 6.45) is 4.02. The Balaban J connectivity index is 1.40. The predicted molar refractivity (Wildman–Crippen MR) is 134 cm³/mol. The number of rotatable bonds is 12. The lowest BCUT2D eigenvalue weighted by Gasteiger charge is -2.32. The minimum Gasteiger partial charge on any atom is -0.477 e. The Bertz CT molecular complexity index is 1040. The van der Waals surface area contributed by atoms with Crippen molar-refractivity contribution in [2.24, 2.45) is 0 Å². The van der Waals surface area contributed by atoms with Crippen LogP contribution in [-0.2, 0) is 6.61 Å². The van der Waals surface area contributed by atoms with Crippen LogP contribution in [0, 0.1) is 18.6 Å². The fourth-order valence-corrected chi connectivity index (χ4v) is 4.55. The van der Waals surface area contributed by atoms with Gasteiger partial charge in [0.25, 0.3) is 0 Å². The number of likely N-dealkylation sites (N-methyl/N-ethyl adjacent to an activating group) is 1. The van der Waals surface area contributed by atoms with Crippen molar-refractivity contribution in [1.82, 2.24) is 19.5 Å². The molecule has 1 aliphatic rings. The summed E-state index contributed by atoms with van der Waals surface area (Å²) >= 11 is 0.738. The molecule has 0 aliphatic carbocycles. The Morgan fingerprint density at radius 3 is 2.56 bits per heavy atom. The first-order valence-electron chi connectivity index (χ1n) is 12.0. The number of nitrogens with zero attached hydrogens (tertiary/aromatic N) is 3. The molecule has 0 bridgehead atoms. The van der Waals surface area contributed by atoms with Crippen LogP contribution in [0.2, 0.25) is 0 Å². The lowest BCUT2D eigenvalue weighted by atomic mass is 10.1. The van der Waals surface area contributed by atoms with E-state index in [0.29, 0.717) is 6.54 Å². The Kier molecular flexibility index (Phi) is 10.4. The van der Waals surface area contributed by atoms with Crippen LogP contribution in [-0.4, -0.2) is 77.6 Å². The number of halogens is 2. The summed E-state index contributed by atoms with van der Waals surface area (Å²) in [7, 11) is 2.14. The van der Waals surface area contributed by atoms with Gasteiger partial charge in [0.05, 0.1) is 0 Å². The van der Waals surface area contributed by atoms with E-state index in [1.807, 2.05) is 0 Å². The second-order valence-corrected chi connectivity index (χ2v) is 9.69. The molecule has 12 heteroatoms. The van der Waals surface area contributed by atoms with E-state index in [2.05, 4.69) is 31.9 Å². The van der Waals surface area contributed by atoms with E-state index in [-0.39, 0.29) is 27.6 Å². The molecular formula is C24H33F2N5O4S. The van der Waals surface area contributed by atoms with Gasteiger partial charge in [-0.15, -0.1) is 0 Å². The van der Waals surface area contributed by atoms with Gasteiger partial charge >= 0.3 is 12.0 Å². The Morgan fingerprint density at radius 2 is 1.83 bits per heavy atom. The average molecular weight is 526 g/mol. The molecule has 1 aromatic carbocycles. The highest BCUT2D eigenvalue weighted by atomic mass is 32.1. The summed E-state index contributed by atoms with van der Waals surface area (Å²) in [4.78, 5) is 28.8. The van der Waals surface area contributed by atoms with E-state index in [1.165, 1.54) is 6.92 Å². The van der Waals surface area contributed by atoms with Crippen LogP contribution in [0.15, 0.2) is 12.1 Å². The van der Waals surface area contributed by atoms with E-state index < -0.39 is 30.2 Å². The van der Waals surface area contributed by atoms with Gasteiger partial charge in [-0.05, 0) is 62.6 Å². The maximum absolute atomic E-state index is 14.0. The molecular weight excluding hydrogens is 492 g/mol. The standard InChI is InChI=1S/C24H33F2N5O4S/c1-16-13-19(26)17(14-18(16)25)15-35-21-20(23(32)33)22(36-29-21)28-24(34)27-7-5-3-4-6-8-31-11-9-30(2)10-12-31/h13-14H,3-12,15H2,1-2H3,(H,32,33)(H2,27,28,34). The van der Waals surface area contributed by atoms with Crippen molar-refractivity contribution in [2.45, 2.75) is 39.2 Å². The zero-order valence-electron chi connectivity index (χ0n) is 20.6. The summed E-state index contributed by atoms with van der Waals surface area (Å²) in [5.41, 5.74) is -0.260. The third kappa shape index (κ3) is 8.10. The second-order valence-electron chi connectivity index (χ2n) is 8.92. The first-order chi connectivity index (χ1) is 17.2. The van der Waals surface area contributed by atoms with Crippen LogP contribution in [0.3, 0.4) is 0 Å². The highest BCUT2D eigenvalue weighted by Gasteiger charge is 2.24. The Morgan fingerprint density at radius 1 is 1.11 bits per heavy atom. The first kappa shape index (κ1) is 27.8. The smallest absolute Gasteiger partial charge is 0.344 e. The van der Waals surface area contributed by atoms with Crippen molar-refractivity contribution in [3.8, 4) is 5.88 Å². The number of aryl methyl sites for hydroxylation is 1. The number of piperazine rings is 1. The van der Waals surface area contributed by atoms with Crippen molar-refractivity contribution in [1.29, 1.82) is 0 Å². The number of benzene rings is 1. The van der Waals surface area contributed by atoms with Crippen LogP contribution in [0.1, 0.15) is 47.2 Å². The minimum atomic E-state index is -1.36. The molecule has 2 aromatic rings. The number of anilines is 1. The molecule has 3 rings (SSSR count). The van der Waals surface area contributed by atoms with E-state index in [1.54, 1.807) is 0 Å². The van der Waals surface area contributed by atoms with E-state index in [0.717, 1.165) is 82.1 Å². The highest BCUT2D eigenvalue weighted by molar-refractivity contribution is 7.11. The summed E-state index contributed by atoms with van der Waals surface area (Å²) in [6.45, 7) is 7.04. The quantitative estimate of drug-likeness (QED) is 0.361. The fourth-order valence-electron chi connectivity index (χ4n) is 3.83. The molecule has 0 unspecified atom stereocenters. The molecule has 0 radical (unpaired) electrons. The van der Waals surface area contributed by atoms with Gasteiger partial charge in [-0.1, -0.05) is 12.8 Å². The molecule has 36 heavy (non-hydrogen) atoms. The lowest BCUT2D eigenvalue weighted by molar-refractivity contribution is 0.0693. The van der Waals surface area contributed by atoms with Gasteiger partial charge < -0.3 is 25.0 Å². The van der Waals surface area contributed by atoms with Gasteiger partial charge in [0.2, 0.25) is 5.88 Å². The number of carbonyl (C=O) groups excluding carboxylic acids is 1. The molecule has 1 fully saturated rings. The van der Waals surface area contributed by atoms with Gasteiger partial charge in [-0.25, -0.2) is 18.4 Å². The third-order valence-corrected chi connectivity index (χ3v) is 6.82. The van der Waals surface area contributed by atoms with Gasteiger partial charge in [-0.3, -0.25) is 5.32 Å². The number of hydrogen-bond acceptors (Lipinski definition) is 7. The van der Waals surface area contributed by atoms with Crippen LogP contribution >= 0.6 is 11.5 Å². The first-order valence-corrected chi connectivity index (χ1v) is 12.8. The Hall–Kier alpha value is -2.83. The number of nitrogens with one attached hydrogen (secondary N) is 2. The number of aromatic nitrogens is 1. The number of unbranched alkanes of at least 4 members (excludes halogenated alkanes) is 3. The second kappa shape index (κ2) is 13.5. The van der Waals surface area contributed by atoms with Gasteiger partial charge in [0.15, 0.2) is 5.56 Å². The molecule has 0 spiro atoms. The monoisotopic (exact) mass is 525 g/mol. The van der Waals surface area contributed by atoms with Crippen molar-refractivity contribution < 1.29 is 28.2 Å². The van der Waals surface area contributed by atoms with Crippen molar-refractivity contribution >= 4 is 28.5 Å². The van der Waals surface area contributed by atoms with E-state index >= 15 is 0 Å². The number of ether oxygens (including phenoxy) is 1. The van der Waals surface area contributed by atoms with Crippen LogP contribution in [0.25, 0.3) is 0 Å². The molecule has 0 atom stereocenters. The lowest BCUT2D eigenvalue weighted by Crippen LogP contribution is -2.44. The van der Waals surface area contributed by atoms with Crippen molar-refractivity contribution in [3.05, 3.63) is 40.5 Å². The molecule has 9 nitrogen and oxygen atoms in total. The number of aromatic carboxylic acids is 1. The molecule has 1 saturated heterocycles. The number of carbonyl (C=O) groups is 2. The topological polar surface area (TPSA) is 107 Å². The highest BCUT2D eigenvalue weighted by Crippen LogP contribution is 2.31. The van der Waals surface area contributed by atoms with Gasteiger partial charge in [0, 0.05) is 38.3 Å². The minimum absolute atomic E-state index is 0.00210. The number of carboxylic acid groups (broad SMARTS) is 1. The summed E-state index contributed by atoms with van der Waals surface area (Å²) < 4.78 is 37.0. The maximum Gasteiger partial charge on any atom is 0.344 e. The molecule has 1 aromatic heterocycles. The molecule has 198 valence electrons. The van der Waals surface area contributed by atoms with E-state index in [9.17, 15) is 23.5 Å². The SMILES string of the molecule is Cc1cc(F)c(COc2nsc(NC(=O)NCCCCCCN3CCN(C)CC3)c2C(=O)O)cc1F. The van der Waals surface area contributed by atoms with Crippen molar-refractivity contribution in [2.75, 3.05) is 51.6 Å². The van der Waals surface area contributed by atoms with Crippen LogP contribution < -0.4 is 15.4 Å². The predicted octanol–water partition coefficient (Wildman–Crippen LogP) is 3.94. The van der Waals surface area contributed by atoms with Crippen molar-refractivity contribution in [3.63, 3.8) is 0 Å². The normalized spacial score (nSPS) is 14.6. The zero-order chi connectivity index (χ0) is 26.1. The number of amides is 2. The van der Waals surface area contributed by atoms with Gasteiger partial charge in [-0.2, -0.15) is 4.37 Å². The molecule has 2 amide bonds. The Labute approximate surface area is 213 Å². The largest absolute Gasteiger partial charge is 0.477 e. The molecule has 3 N–H and O–H groups in total. The summed E-state index contributed by atoms with van der Waals surface area (Å²) in [5.74, 6) is -2.90. The number of carboxylic acids is 1.